The number of hydrogen-bond donors (Lipinski definition) is 2. The van der Waals surface area contributed by atoms with Gasteiger partial charge in [-0.2, -0.15) is 0 Å². The number of nitrogens with one attached hydrogen (secondary N) is 1. The van der Waals surface area contributed by atoms with E-state index in [-0.39, 0.29) is 0 Å². The quantitative estimate of drug-likeness (QED) is 0.819. The van der Waals surface area contributed by atoms with Gasteiger partial charge in [0.05, 0.1) is 12.1 Å². The fourth-order valence-electron chi connectivity index (χ4n) is 1.43. The van der Waals surface area contributed by atoms with Crippen molar-refractivity contribution in [3.63, 3.8) is 0 Å². The lowest BCUT2D eigenvalue weighted by Crippen LogP contribution is -2.30. The largest absolute Gasteiger partial charge is 0.493 e. The van der Waals surface area contributed by atoms with E-state index in [4.69, 9.17) is 26.8 Å². The molecule has 0 fully saturated rings. The molecular formula is C12H17ClN2O3. The summed E-state index contributed by atoms with van der Waals surface area (Å²) < 4.78 is 10.6. The number of nitrogens with two attached hydrogens (primary N) is 1. The number of ether oxygens (including phenoxy) is 2. The molecule has 6 heteroatoms. The van der Waals surface area contributed by atoms with Crippen molar-refractivity contribution in [1.82, 2.24) is 5.32 Å². The summed E-state index contributed by atoms with van der Waals surface area (Å²) in [4.78, 5) is 11.0. The van der Waals surface area contributed by atoms with Gasteiger partial charge in [0, 0.05) is 6.54 Å². The third kappa shape index (κ3) is 3.51. The highest BCUT2D eigenvalue weighted by molar-refractivity contribution is 6.32. The monoisotopic (exact) mass is 272 g/mol. The van der Waals surface area contributed by atoms with Gasteiger partial charge in [0.25, 0.3) is 5.91 Å². The summed E-state index contributed by atoms with van der Waals surface area (Å²) in [5.41, 5.74) is 6.10. The van der Waals surface area contributed by atoms with Gasteiger partial charge in [0.15, 0.2) is 17.6 Å². The number of rotatable bonds is 6. The topological polar surface area (TPSA) is 73.6 Å². The van der Waals surface area contributed by atoms with Gasteiger partial charge in [-0.25, -0.2) is 0 Å². The fourth-order valence-corrected chi connectivity index (χ4v) is 1.71. The zero-order valence-electron chi connectivity index (χ0n) is 10.6. The van der Waals surface area contributed by atoms with Gasteiger partial charge < -0.3 is 20.5 Å². The smallest absolute Gasteiger partial charge is 0.258 e. The molecule has 0 aliphatic heterocycles. The molecule has 5 nitrogen and oxygen atoms in total. The second-order valence-electron chi connectivity index (χ2n) is 3.80. The highest BCUT2D eigenvalue weighted by Gasteiger charge is 2.17. The zero-order chi connectivity index (χ0) is 13.7. The third-order valence-electron chi connectivity index (χ3n) is 2.37. The van der Waals surface area contributed by atoms with Crippen molar-refractivity contribution in [2.24, 2.45) is 5.73 Å². The number of halogens is 1. The van der Waals surface area contributed by atoms with Crippen LogP contribution in [0.25, 0.3) is 0 Å². The summed E-state index contributed by atoms with van der Waals surface area (Å²) in [6.45, 7) is 2.21. The molecule has 1 aromatic carbocycles. The molecule has 0 aliphatic rings. The summed E-state index contributed by atoms with van der Waals surface area (Å²) in [5.74, 6) is 0.235. The number of amides is 1. The summed E-state index contributed by atoms with van der Waals surface area (Å²) in [6.07, 6.45) is -0.772. The van der Waals surface area contributed by atoms with Crippen LogP contribution in [0.15, 0.2) is 12.1 Å². The van der Waals surface area contributed by atoms with Crippen molar-refractivity contribution in [3.8, 4) is 11.5 Å². The van der Waals surface area contributed by atoms with Crippen molar-refractivity contribution < 1.29 is 14.3 Å². The lowest BCUT2D eigenvalue weighted by Gasteiger charge is -2.16. The minimum atomic E-state index is -0.772. The molecule has 1 amide bonds. The Kier molecular flexibility index (Phi) is 5.25. The molecule has 1 atom stereocenters. The van der Waals surface area contributed by atoms with Crippen molar-refractivity contribution in [2.45, 2.75) is 19.6 Å². The molecule has 0 radical (unpaired) electrons. The van der Waals surface area contributed by atoms with Crippen LogP contribution in [0.1, 0.15) is 12.5 Å². The van der Waals surface area contributed by atoms with Gasteiger partial charge in [-0.15, -0.1) is 0 Å². The van der Waals surface area contributed by atoms with Crippen LogP contribution >= 0.6 is 11.6 Å². The van der Waals surface area contributed by atoms with Crippen LogP contribution in [0.5, 0.6) is 11.5 Å². The Bertz CT molecular complexity index is 438. The molecule has 0 bridgehead atoms. The fraction of sp³-hybridized carbons (Fsp3) is 0.417. The lowest BCUT2D eigenvalue weighted by molar-refractivity contribution is -0.124. The molecule has 0 aromatic heterocycles. The van der Waals surface area contributed by atoms with Gasteiger partial charge >= 0.3 is 0 Å². The van der Waals surface area contributed by atoms with E-state index < -0.39 is 12.0 Å². The normalized spacial score (nSPS) is 12.0. The van der Waals surface area contributed by atoms with Crippen LogP contribution in [0.4, 0.5) is 0 Å². The Morgan fingerprint density at radius 1 is 1.56 bits per heavy atom. The molecule has 100 valence electrons. The van der Waals surface area contributed by atoms with Gasteiger partial charge in [-0.1, -0.05) is 11.6 Å². The van der Waals surface area contributed by atoms with E-state index in [1.807, 2.05) is 7.05 Å². The average Bonchev–Trinajstić information content (AvgIpc) is 2.32. The number of carbonyl (C=O) groups is 1. The van der Waals surface area contributed by atoms with E-state index in [1.165, 1.54) is 7.11 Å². The number of benzene rings is 1. The molecule has 0 saturated heterocycles. The van der Waals surface area contributed by atoms with Gasteiger partial charge in [0.1, 0.15) is 0 Å². The summed E-state index contributed by atoms with van der Waals surface area (Å²) >= 11 is 6.11. The lowest BCUT2D eigenvalue weighted by atomic mass is 10.2. The Morgan fingerprint density at radius 2 is 2.22 bits per heavy atom. The van der Waals surface area contributed by atoms with E-state index in [0.29, 0.717) is 23.1 Å². The number of methoxy groups -OCH3 is 1. The van der Waals surface area contributed by atoms with E-state index >= 15 is 0 Å². The van der Waals surface area contributed by atoms with E-state index in [1.54, 1.807) is 19.1 Å². The van der Waals surface area contributed by atoms with Crippen LogP contribution < -0.4 is 20.5 Å². The predicted octanol–water partition coefficient (Wildman–Crippen LogP) is 1.32. The minimum Gasteiger partial charge on any atom is -0.493 e. The molecule has 0 spiro atoms. The van der Waals surface area contributed by atoms with E-state index in [9.17, 15) is 4.79 Å². The zero-order valence-corrected chi connectivity index (χ0v) is 11.4. The second kappa shape index (κ2) is 6.47. The molecule has 3 N–H and O–H groups in total. The molecule has 18 heavy (non-hydrogen) atoms. The first-order chi connectivity index (χ1) is 8.49. The Balaban J connectivity index is 3.06. The summed E-state index contributed by atoms with van der Waals surface area (Å²) in [5, 5.41) is 3.39. The Hall–Kier alpha value is -1.46. The molecule has 0 heterocycles. The van der Waals surface area contributed by atoms with Crippen molar-refractivity contribution in [2.75, 3.05) is 14.2 Å². The minimum absolute atomic E-state index is 0.324. The first-order valence-corrected chi connectivity index (χ1v) is 5.84. The molecule has 1 unspecified atom stereocenters. The maximum absolute atomic E-state index is 11.0. The molecular weight excluding hydrogens is 256 g/mol. The Labute approximate surface area is 111 Å². The first kappa shape index (κ1) is 14.6. The second-order valence-corrected chi connectivity index (χ2v) is 4.21. The average molecular weight is 273 g/mol. The standard InChI is InChI=1S/C12H17ClN2O3/c1-7(12(14)16)18-11-9(13)4-8(6-15-2)5-10(11)17-3/h4-5,7,15H,6H2,1-3H3,(H2,14,16). The van der Waals surface area contributed by atoms with Gasteiger partial charge in [-0.3, -0.25) is 4.79 Å². The predicted molar refractivity (Wildman–Crippen MR) is 70.1 cm³/mol. The van der Waals surface area contributed by atoms with Crippen molar-refractivity contribution in [1.29, 1.82) is 0 Å². The highest BCUT2D eigenvalue weighted by Crippen LogP contribution is 2.37. The van der Waals surface area contributed by atoms with Crippen LogP contribution in [-0.2, 0) is 11.3 Å². The van der Waals surface area contributed by atoms with Crippen molar-refractivity contribution >= 4 is 17.5 Å². The van der Waals surface area contributed by atoms with Crippen LogP contribution in [0.3, 0.4) is 0 Å². The van der Waals surface area contributed by atoms with Gasteiger partial charge in [0.2, 0.25) is 0 Å². The number of hydrogen-bond acceptors (Lipinski definition) is 4. The molecule has 0 saturated carbocycles. The summed E-state index contributed by atoms with van der Waals surface area (Å²) in [7, 11) is 3.34. The van der Waals surface area contributed by atoms with Crippen LogP contribution in [-0.4, -0.2) is 26.2 Å². The number of carbonyl (C=O) groups excluding carboxylic acids is 1. The van der Waals surface area contributed by atoms with E-state index in [0.717, 1.165) is 5.56 Å². The maximum Gasteiger partial charge on any atom is 0.258 e. The molecule has 1 rings (SSSR count). The van der Waals surface area contributed by atoms with Crippen molar-refractivity contribution in [3.05, 3.63) is 22.7 Å². The number of primary amides is 1. The van der Waals surface area contributed by atoms with E-state index in [2.05, 4.69) is 5.32 Å². The third-order valence-corrected chi connectivity index (χ3v) is 2.65. The Morgan fingerprint density at radius 3 is 2.72 bits per heavy atom. The summed E-state index contributed by atoms with van der Waals surface area (Å²) in [6, 6.07) is 3.55. The van der Waals surface area contributed by atoms with Crippen LogP contribution in [0.2, 0.25) is 5.02 Å². The van der Waals surface area contributed by atoms with Gasteiger partial charge in [-0.05, 0) is 31.7 Å². The van der Waals surface area contributed by atoms with Crippen LogP contribution in [0, 0.1) is 0 Å². The highest BCUT2D eigenvalue weighted by atomic mass is 35.5. The first-order valence-electron chi connectivity index (χ1n) is 5.46. The SMILES string of the molecule is CNCc1cc(Cl)c(OC(C)C(N)=O)c(OC)c1. The molecule has 1 aromatic rings. The maximum atomic E-state index is 11.0. The molecule has 0 aliphatic carbocycles.